The second kappa shape index (κ2) is 8.09. The number of nitrogens with zero attached hydrogens (tertiary/aromatic N) is 2. The van der Waals surface area contributed by atoms with Crippen LogP contribution in [0.3, 0.4) is 0 Å². The zero-order valence-electron chi connectivity index (χ0n) is 14.4. The van der Waals surface area contributed by atoms with Gasteiger partial charge in [-0.15, -0.1) is 0 Å². The summed E-state index contributed by atoms with van der Waals surface area (Å²) in [4.78, 5) is 28.2. The Kier molecular flexibility index (Phi) is 6.23. The SMILES string of the molecule is COC(=O)c1ccc(C(F)(F)F)nc1N(C)C(=O)Cc1c(F)ccc(F)c1Cl. The highest BCUT2D eigenvalue weighted by atomic mass is 35.5. The lowest BCUT2D eigenvalue weighted by Crippen LogP contribution is -2.31. The maximum atomic E-state index is 13.9. The van der Waals surface area contributed by atoms with Crippen LogP contribution >= 0.6 is 11.6 Å². The Bertz CT molecular complexity index is 934. The molecule has 11 heteroatoms. The fraction of sp³-hybridized carbons (Fsp3) is 0.235. The molecular weight excluding hydrogens is 411 g/mol. The summed E-state index contributed by atoms with van der Waals surface area (Å²) in [7, 11) is 2.02. The molecule has 28 heavy (non-hydrogen) atoms. The van der Waals surface area contributed by atoms with Crippen molar-refractivity contribution >= 4 is 29.3 Å². The molecule has 0 spiro atoms. The van der Waals surface area contributed by atoms with Crippen molar-refractivity contribution in [2.45, 2.75) is 12.6 Å². The number of carbonyl (C=O) groups excluding carboxylic acids is 2. The van der Waals surface area contributed by atoms with E-state index in [2.05, 4.69) is 9.72 Å². The van der Waals surface area contributed by atoms with Crippen LogP contribution in [0.2, 0.25) is 5.02 Å². The lowest BCUT2D eigenvalue weighted by atomic mass is 10.1. The van der Waals surface area contributed by atoms with Crippen molar-refractivity contribution in [1.82, 2.24) is 4.98 Å². The lowest BCUT2D eigenvalue weighted by molar-refractivity contribution is -0.141. The minimum Gasteiger partial charge on any atom is -0.465 e. The number of hydrogen-bond acceptors (Lipinski definition) is 4. The molecule has 1 amide bonds. The molecule has 0 bridgehead atoms. The standard InChI is InChI=1S/C17H12ClF5N2O3/c1-25(13(26)7-9-10(19)4-5-11(20)14(9)18)15-8(16(27)28-2)3-6-12(24-15)17(21,22)23/h3-6H,7H2,1-2H3. The number of aromatic nitrogens is 1. The van der Waals surface area contributed by atoms with E-state index in [1.54, 1.807) is 0 Å². The minimum absolute atomic E-state index is 0.419. The average molecular weight is 423 g/mol. The molecule has 150 valence electrons. The number of rotatable bonds is 4. The Balaban J connectivity index is 2.47. The number of likely N-dealkylation sites (N-methyl/N-ethyl adjacent to an activating group) is 1. The number of carbonyl (C=O) groups is 2. The summed E-state index contributed by atoms with van der Waals surface area (Å²) in [5.74, 6) is -4.62. The minimum atomic E-state index is -4.84. The van der Waals surface area contributed by atoms with Gasteiger partial charge in [0.05, 0.1) is 18.6 Å². The second-order valence-corrected chi connectivity index (χ2v) is 5.89. The Labute approximate surface area is 160 Å². The van der Waals surface area contributed by atoms with Gasteiger partial charge in [-0.2, -0.15) is 13.2 Å². The van der Waals surface area contributed by atoms with Crippen LogP contribution in [0.4, 0.5) is 27.8 Å². The number of esters is 1. The Hall–Kier alpha value is -2.75. The zero-order chi connectivity index (χ0) is 21.2. The van der Waals surface area contributed by atoms with Crippen LogP contribution in [0.5, 0.6) is 0 Å². The molecule has 0 unspecified atom stereocenters. The van der Waals surface area contributed by atoms with E-state index in [9.17, 15) is 31.5 Å². The van der Waals surface area contributed by atoms with Gasteiger partial charge in [0.2, 0.25) is 5.91 Å². The third-order valence-electron chi connectivity index (χ3n) is 3.73. The highest BCUT2D eigenvalue weighted by molar-refractivity contribution is 6.31. The number of hydrogen-bond donors (Lipinski definition) is 0. The van der Waals surface area contributed by atoms with E-state index in [4.69, 9.17) is 11.6 Å². The number of ether oxygens (including phenoxy) is 1. The van der Waals surface area contributed by atoms with Gasteiger partial charge in [-0.05, 0) is 24.3 Å². The molecule has 0 atom stereocenters. The molecule has 0 radical (unpaired) electrons. The summed E-state index contributed by atoms with van der Waals surface area (Å²) in [6.07, 6.45) is -5.62. The molecule has 0 N–H and O–H groups in total. The van der Waals surface area contributed by atoms with Crippen LogP contribution in [0, 0.1) is 11.6 Å². The number of benzene rings is 1. The molecule has 0 aliphatic rings. The maximum absolute atomic E-state index is 13.9. The third kappa shape index (κ3) is 4.38. The van der Waals surface area contributed by atoms with Crippen molar-refractivity contribution in [2.75, 3.05) is 19.1 Å². The number of alkyl halides is 3. The van der Waals surface area contributed by atoms with Gasteiger partial charge in [-0.25, -0.2) is 18.6 Å². The van der Waals surface area contributed by atoms with Crippen molar-refractivity contribution in [1.29, 1.82) is 0 Å². The van der Waals surface area contributed by atoms with Crippen LogP contribution in [0.1, 0.15) is 21.6 Å². The van der Waals surface area contributed by atoms with Crippen LogP contribution in [0.15, 0.2) is 24.3 Å². The summed E-state index contributed by atoms with van der Waals surface area (Å²) < 4.78 is 70.7. The van der Waals surface area contributed by atoms with E-state index in [-0.39, 0.29) is 0 Å². The Morgan fingerprint density at radius 3 is 2.32 bits per heavy atom. The van der Waals surface area contributed by atoms with E-state index in [0.717, 1.165) is 32.4 Å². The zero-order valence-corrected chi connectivity index (χ0v) is 15.2. The van der Waals surface area contributed by atoms with Gasteiger partial charge < -0.3 is 4.74 Å². The summed E-state index contributed by atoms with van der Waals surface area (Å²) in [6.45, 7) is 0. The number of amides is 1. The first-order valence-electron chi connectivity index (χ1n) is 7.52. The molecule has 0 aliphatic heterocycles. The monoisotopic (exact) mass is 422 g/mol. The predicted octanol–water partition coefficient (Wildman–Crippen LogP) is 4.02. The first-order valence-corrected chi connectivity index (χ1v) is 7.90. The van der Waals surface area contributed by atoms with Crippen LogP contribution in [0.25, 0.3) is 0 Å². The lowest BCUT2D eigenvalue weighted by Gasteiger charge is -2.20. The number of methoxy groups -OCH3 is 1. The highest BCUT2D eigenvalue weighted by Gasteiger charge is 2.35. The fourth-order valence-corrected chi connectivity index (χ4v) is 2.47. The maximum Gasteiger partial charge on any atom is 0.433 e. The smallest absolute Gasteiger partial charge is 0.433 e. The summed E-state index contributed by atoms with van der Waals surface area (Å²) in [5, 5.41) is -0.632. The summed E-state index contributed by atoms with van der Waals surface area (Å²) in [5.41, 5.74) is -2.26. The first kappa shape index (κ1) is 21.5. The third-order valence-corrected chi connectivity index (χ3v) is 4.14. The topological polar surface area (TPSA) is 59.5 Å². The average Bonchev–Trinajstić information content (AvgIpc) is 2.65. The molecule has 2 rings (SSSR count). The van der Waals surface area contributed by atoms with Gasteiger partial charge in [-0.3, -0.25) is 9.69 Å². The van der Waals surface area contributed by atoms with Crippen molar-refractivity contribution in [3.05, 3.63) is 57.7 Å². The molecule has 0 fully saturated rings. The molecule has 0 saturated heterocycles. The summed E-state index contributed by atoms with van der Waals surface area (Å²) >= 11 is 5.66. The van der Waals surface area contributed by atoms with E-state index in [1.165, 1.54) is 0 Å². The quantitative estimate of drug-likeness (QED) is 0.424. The predicted molar refractivity (Wildman–Crippen MR) is 89.1 cm³/mol. The Morgan fingerprint density at radius 1 is 1.14 bits per heavy atom. The second-order valence-electron chi connectivity index (χ2n) is 5.51. The van der Waals surface area contributed by atoms with Crippen molar-refractivity contribution in [3.63, 3.8) is 0 Å². The van der Waals surface area contributed by atoms with Crippen molar-refractivity contribution < 1.29 is 36.3 Å². The molecule has 0 saturated carbocycles. The van der Waals surface area contributed by atoms with E-state index in [1.807, 2.05) is 0 Å². The van der Waals surface area contributed by atoms with Crippen LogP contribution < -0.4 is 4.90 Å². The largest absolute Gasteiger partial charge is 0.465 e. The summed E-state index contributed by atoms with van der Waals surface area (Å²) in [6, 6.07) is 2.87. The molecule has 0 aliphatic carbocycles. The van der Waals surface area contributed by atoms with E-state index < -0.39 is 63.8 Å². The fourth-order valence-electron chi connectivity index (χ4n) is 2.25. The van der Waals surface area contributed by atoms with Gasteiger partial charge >= 0.3 is 12.1 Å². The first-order chi connectivity index (χ1) is 13.0. The van der Waals surface area contributed by atoms with Crippen molar-refractivity contribution in [3.8, 4) is 0 Å². The molecule has 1 heterocycles. The Morgan fingerprint density at radius 2 is 1.75 bits per heavy atom. The van der Waals surface area contributed by atoms with E-state index in [0.29, 0.717) is 11.0 Å². The van der Waals surface area contributed by atoms with Gasteiger partial charge in [-0.1, -0.05) is 11.6 Å². The van der Waals surface area contributed by atoms with Gasteiger partial charge in [0.1, 0.15) is 28.7 Å². The molecule has 2 aromatic rings. The van der Waals surface area contributed by atoms with Crippen LogP contribution in [-0.4, -0.2) is 31.0 Å². The van der Waals surface area contributed by atoms with Crippen LogP contribution in [-0.2, 0) is 22.1 Å². The van der Waals surface area contributed by atoms with Gasteiger partial charge in [0.25, 0.3) is 0 Å². The number of halogens is 6. The molecule has 1 aromatic carbocycles. The highest BCUT2D eigenvalue weighted by Crippen LogP contribution is 2.31. The normalized spacial score (nSPS) is 11.3. The van der Waals surface area contributed by atoms with E-state index >= 15 is 0 Å². The van der Waals surface area contributed by atoms with Crippen molar-refractivity contribution in [2.24, 2.45) is 0 Å². The van der Waals surface area contributed by atoms with Gasteiger partial charge in [0, 0.05) is 12.6 Å². The number of pyridine rings is 1. The number of anilines is 1. The molecule has 5 nitrogen and oxygen atoms in total. The molecular formula is C17H12ClF5N2O3. The van der Waals surface area contributed by atoms with Gasteiger partial charge in [0.15, 0.2) is 0 Å². The molecule has 1 aromatic heterocycles.